The first-order valence-electron chi connectivity index (χ1n) is 8.56. The van der Waals surface area contributed by atoms with Crippen molar-refractivity contribution in [3.05, 3.63) is 52.6 Å². The predicted molar refractivity (Wildman–Crippen MR) is 98.8 cm³/mol. The quantitative estimate of drug-likeness (QED) is 0.443. The van der Waals surface area contributed by atoms with Crippen LogP contribution in [0.2, 0.25) is 0 Å². The van der Waals surface area contributed by atoms with E-state index in [1.54, 1.807) is 11.3 Å². The van der Waals surface area contributed by atoms with Crippen LogP contribution < -0.4 is 4.57 Å². The van der Waals surface area contributed by atoms with Crippen LogP contribution in [0, 0.1) is 5.41 Å². The van der Waals surface area contributed by atoms with Gasteiger partial charge in [0, 0.05) is 41.2 Å². The van der Waals surface area contributed by atoms with Crippen molar-refractivity contribution in [3.8, 4) is 0 Å². The zero-order valence-corrected chi connectivity index (χ0v) is 14.9. The van der Waals surface area contributed by atoms with E-state index in [1.165, 1.54) is 35.0 Å². The second kappa shape index (κ2) is 6.40. The van der Waals surface area contributed by atoms with Crippen molar-refractivity contribution < 1.29 is 4.57 Å². The van der Waals surface area contributed by atoms with Crippen LogP contribution in [0.25, 0.3) is 10.9 Å². The Balaban J connectivity index is 1.53. The van der Waals surface area contributed by atoms with Crippen molar-refractivity contribution in [2.24, 2.45) is 7.05 Å². The first-order valence-corrected chi connectivity index (χ1v) is 9.44. The molecule has 4 heterocycles. The van der Waals surface area contributed by atoms with E-state index >= 15 is 0 Å². The van der Waals surface area contributed by atoms with Gasteiger partial charge in [-0.2, -0.15) is 0 Å². The maximum Gasteiger partial charge on any atom is 0.177 e. The van der Waals surface area contributed by atoms with Gasteiger partial charge in [0.1, 0.15) is 12.9 Å². The third kappa shape index (κ3) is 2.96. The van der Waals surface area contributed by atoms with E-state index in [9.17, 15) is 0 Å². The van der Waals surface area contributed by atoms with Crippen LogP contribution in [0.15, 0.2) is 42.2 Å². The lowest BCUT2D eigenvalue weighted by Crippen LogP contribution is -2.35. The Morgan fingerprint density at radius 1 is 1.25 bits per heavy atom. The van der Waals surface area contributed by atoms with Gasteiger partial charge >= 0.3 is 0 Å². The minimum Gasteiger partial charge on any atom is -0.357 e. The molecule has 1 fully saturated rings. The van der Waals surface area contributed by atoms with Gasteiger partial charge in [0.05, 0.1) is 17.4 Å². The standard InChI is InChI=1S/C19H23N4S/c1-21-9-6-18-15(12-21)5-10-23(18)13-17-11-16(14-24-17)19(20)22-7-3-2-4-8-22/h5-6,9-12,14,20H,2-4,7-8,13H2,1H3/q+1. The Bertz CT molecular complexity index is 871. The maximum absolute atomic E-state index is 8.47. The second-order valence-electron chi connectivity index (χ2n) is 6.59. The van der Waals surface area contributed by atoms with Gasteiger partial charge in [-0.25, -0.2) is 4.57 Å². The Kier molecular flexibility index (Phi) is 4.10. The molecule has 24 heavy (non-hydrogen) atoms. The van der Waals surface area contributed by atoms with E-state index in [0.717, 1.165) is 25.2 Å². The molecule has 124 valence electrons. The van der Waals surface area contributed by atoms with E-state index in [2.05, 4.69) is 63.3 Å². The molecule has 0 aliphatic carbocycles. The van der Waals surface area contributed by atoms with Crippen LogP contribution in [0.4, 0.5) is 0 Å². The molecule has 3 aromatic heterocycles. The number of thiophene rings is 1. The Morgan fingerprint density at radius 3 is 2.92 bits per heavy atom. The Labute approximate surface area is 146 Å². The summed E-state index contributed by atoms with van der Waals surface area (Å²) in [5.74, 6) is 0.696. The molecule has 1 aliphatic heterocycles. The fourth-order valence-electron chi connectivity index (χ4n) is 3.45. The monoisotopic (exact) mass is 339 g/mol. The fourth-order valence-corrected chi connectivity index (χ4v) is 4.31. The van der Waals surface area contributed by atoms with Gasteiger partial charge in [0.2, 0.25) is 0 Å². The van der Waals surface area contributed by atoms with E-state index in [-0.39, 0.29) is 0 Å². The molecular formula is C19H23N4S+. The molecule has 1 aliphatic rings. The summed E-state index contributed by atoms with van der Waals surface area (Å²) >= 11 is 1.76. The molecule has 5 heteroatoms. The van der Waals surface area contributed by atoms with Crippen LogP contribution >= 0.6 is 11.3 Å². The van der Waals surface area contributed by atoms with Crippen molar-refractivity contribution in [1.82, 2.24) is 9.47 Å². The molecule has 0 unspecified atom stereocenters. The number of pyridine rings is 1. The van der Waals surface area contributed by atoms with Crippen molar-refractivity contribution in [1.29, 1.82) is 5.41 Å². The molecule has 1 N–H and O–H groups in total. The normalized spacial score (nSPS) is 15.1. The van der Waals surface area contributed by atoms with Gasteiger partial charge < -0.3 is 9.47 Å². The lowest BCUT2D eigenvalue weighted by molar-refractivity contribution is -0.670. The smallest absolute Gasteiger partial charge is 0.177 e. The molecule has 0 bridgehead atoms. The first kappa shape index (κ1) is 15.4. The maximum atomic E-state index is 8.47. The van der Waals surface area contributed by atoms with Gasteiger partial charge in [0.15, 0.2) is 12.4 Å². The number of likely N-dealkylation sites (tertiary alicyclic amines) is 1. The van der Waals surface area contributed by atoms with Gasteiger partial charge in [-0.1, -0.05) is 0 Å². The number of aryl methyl sites for hydroxylation is 1. The van der Waals surface area contributed by atoms with E-state index in [4.69, 9.17) is 5.41 Å². The van der Waals surface area contributed by atoms with Crippen LogP contribution in [0.5, 0.6) is 0 Å². The number of nitrogens with one attached hydrogen (secondary N) is 1. The highest BCUT2D eigenvalue weighted by Crippen LogP contribution is 2.22. The first-order chi connectivity index (χ1) is 11.7. The Hall–Kier alpha value is -2.14. The minimum absolute atomic E-state index is 0.696. The molecule has 0 saturated carbocycles. The SMILES string of the molecule is C[n+]1ccc2c(ccn2Cc2cc(C(=N)N3CCCCC3)cs2)c1. The average Bonchev–Trinajstić information content (AvgIpc) is 3.22. The number of rotatable bonds is 3. The summed E-state index contributed by atoms with van der Waals surface area (Å²) in [6, 6.07) is 6.52. The largest absolute Gasteiger partial charge is 0.357 e. The highest BCUT2D eigenvalue weighted by atomic mass is 32.1. The molecular weight excluding hydrogens is 316 g/mol. The van der Waals surface area contributed by atoms with Gasteiger partial charge in [0.25, 0.3) is 0 Å². The molecule has 4 rings (SSSR count). The number of hydrogen-bond donors (Lipinski definition) is 1. The van der Waals surface area contributed by atoms with Gasteiger partial charge in [-0.05, 0) is 31.4 Å². The second-order valence-corrected chi connectivity index (χ2v) is 7.59. The molecule has 4 nitrogen and oxygen atoms in total. The van der Waals surface area contributed by atoms with Gasteiger partial charge in [-0.15, -0.1) is 11.3 Å². The number of hydrogen-bond acceptors (Lipinski definition) is 2. The van der Waals surface area contributed by atoms with E-state index in [0.29, 0.717) is 5.84 Å². The number of fused-ring (bicyclic) bond motifs is 1. The molecule has 0 amide bonds. The van der Waals surface area contributed by atoms with Crippen LogP contribution in [0.3, 0.4) is 0 Å². The zero-order chi connectivity index (χ0) is 16.5. The molecule has 0 radical (unpaired) electrons. The van der Waals surface area contributed by atoms with Crippen molar-refractivity contribution in [2.75, 3.05) is 13.1 Å². The van der Waals surface area contributed by atoms with Crippen LogP contribution in [-0.2, 0) is 13.6 Å². The minimum atomic E-state index is 0.696. The molecule has 0 spiro atoms. The van der Waals surface area contributed by atoms with Crippen molar-refractivity contribution >= 4 is 28.1 Å². The van der Waals surface area contributed by atoms with Gasteiger partial charge in [-0.3, -0.25) is 5.41 Å². The summed E-state index contributed by atoms with van der Waals surface area (Å²) in [5, 5.41) is 11.9. The predicted octanol–water partition coefficient (Wildman–Crippen LogP) is 3.39. The molecule has 3 aromatic rings. The fraction of sp³-hybridized carbons (Fsp3) is 0.368. The molecule has 0 aromatic carbocycles. The summed E-state index contributed by atoms with van der Waals surface area (Å²) in [4.78, 5) is 3.53. The zero-order valence-electron chi connectivity index (χ0n) is 14.0. The van der Waals surface area contributed by atoms with Crippen molar-refractivity contribution in [2.45, 2.75) is 25.8 Å². The van der Waals surface area contributed by atoms with Crippen LogP contribution in [-0.4, -0.2) is 28.4 Å². The molecule has 1 saturated heterocycles. The highest BCUT2D eigenvalue weighted by molar-refractivity contribution is 7.10. The number of piperidine rings is 1. The summed E-state index contributed by atoms with van der Waals surface area (Å²) < 4.78 is 4.37. The van der Waals surface area contributed by atoms with Crippen LogP contribution in [0.1, 0.15) is 29.7 Å². The van der Waals surface area contributed by atoms with E-state index in [1.807, 2.05) is 0 Å². The van der Waals surface area contributed by atoms with Crippen molar-refractivity contribution in [3.63, 3.8) is 0 Å². The third-order valence-corrected chi connectivity index (χ3v) is 5.70. The molecule has 0 atom stereocenters. The summed E-state index contributed by atoms with van der Waals surface area (Å²) in [7, 11) is 2.05. The number of amidine groups is 1. The summed E-state index contributed by atoms with van der Waals surface area (Å²) in [6.07, 6.45) is 10.1. The number of nitrogens with zero attached hydrogens (tertiary/aromatic N) is 3. The summed E-state index contributed by atoms with van der Waals surface area (Å²) in [5.41, 5.74) is 2.33. The summed E-state index contributed by atoms with van der Waals surface area (Å²) in [6.45, 7) is 2.93. The lowest BCUT2D eigenvalue weighted by atomic mass is 10.1. The highest BCUT2D eigenvalue weighted by Gasteiger charge is 2.16. The Morgan fingerprint density at radius 2 is 2.08 bits per heavy atom. The topological polar surface area (TPSA) is 35.9 Å². The lowest BCUT2D eigenvalue weighted by Gasteiger charge is -2.28. The van der Waals surface area contributed by atoms with E-state index < -0.39 is 0 Å². The number of aromatic nitrogens is 2. The average molecular weight is 339 g/mol. The third-order valence-electron chi connectivity index (χ3n) is 4.78.